The molecular formula is C14H15F3N4. The van der Waals surface area contributed by atoms with Crippen LogP contribution in [0.1, 0.15) is 11.1 Å². The van der Waals surface area contributed by atoms with E-state index in [9.17, 15) is 13.2 Å². The van der Waals surface area contributed by atoms with Gasteiger partial charge in [0.1, 0.15) is 5.82 Å². The van der Waals surface area contributed by atoms with Crippen LogP contribution in [0.2, 0.25) is 0 Å². The van der Waals surface area contributed by atoms with Crippen molar-refractivity contribution in [3.8, 4) is 0 Å². The summed E-state index contributed by atoms with van der Waals surface area (Å²) in [4.78, 5) is 9.96. The van der Waals surface area contributed by atoms with E-state index in [1.54, 1.807) is 37.3 Å². The number of nitrogens with one attached hydrogen (secondary N) is 1. The van der Waals surface area contributed by atoms with Gasteiger partial charge in [-0.2, -0.15) is 18.2 Å². The topological polar surface area (TPSA) is 41.1 Å². The summed E-state index contributed by atoms with van der Waals surface area (Å²) >= 11 is 0. The van der Waals surface area contributed by atoms with Gasteiger partial charge in [-0.1, -0.05) is 18.2 Å². The first kappa shape index (κ1) is 15.1. The molecule has 4 nitrogen and oxygen atoms in total. The number of rotatable bonds is 4. The Balaban J connectivity index is 2.16. The zero-order valence-electron chi connectivity index (χ0n) is 11.6. The molecule has 0 fully saturated rings. The molecule has 2 rings (SSSR count). The number of halogens is 3. The van der Waals surface area contributed by atoms with Crippen LogP contribution in [0, 0.1) is 0 Å². The second-order valence-corrected chi connectivity index (χ2v) is 4.64. The van der Waals surface area contributed by atoms with E-state index in [0.717, 1.165) is 6.07 Å². The van der Waals surface area contributed by atoms with Crippen LogP contribution in [0.4, 0.5) is 24.9 Å². The first-order chi connectivity index (χ1) is 9.88. The van der Waals surface area contributed by atoms with Gasteiger partial charge < -0.3 is 10.2 Å². The zero-order chi connectivity index (χ0) is 15.5. The maximum absolute atomic E-state index is 12.9. The molecule has 0 spiro atoms. The van der Waals surface area contributed by atoms with E-state index in [-0.39, 0.29) is 12.1 Å². The van der Waals surface area contributed by atoms with Crippen LogP contribution >= 0.6 is 0 Å². The lowest BCUT2D eigenvalue weighted by Crippen LogP contribution is -2.15. The molecular weight excluding hydrogens is 281 g/mol. The van der Waals surface area contributed by atoms with Gasteiger partial charge in [0.05, 0.1) is 5.56 Å². The lowest BCUT2D eigenvalue weighted by Gasteiger charge is -2.14. The van der Waals surface area contributed by atoms with Crippen LogP contribution in [-0.4, -0.2) is 24.1 Å². The van der Waals surface area contributed by atoms with Crippen molar-refractivity contribution in [3.05, 3.63) is 47.7 Å². The van der Waals surface area contributed by atoms with Crippen molar-refractivity contribution >= 4 is 11.8 Å². The van der Waals surface area contributed by atoms with Gasteiger partial charge >= 0.3 is 6.18 Å². The van der Waals surface area contributed by atoms with Gasteiger partial charge in [-0.05, 0) is 17.7 Å². The lowest BCUT2D eigenvalue weighted by atomic mass is 10.1. The molecule has 2 aromatic rings. The molecule has 21 heavy (non-hydrogen) atoms. The molecule has 0 aliphatic heterocycles. The third-order valence-electron chi connectivity index (χ3n) is 2.83. The predicted molar refractivity (Wildman–Crippen MR) is 75.1 cm³/mol. The van der Waals surface area contributed by atoms with Crippen molar-refractivity contribution in [3.63, 3.8) is 0 Å². The summed E-state index contributed by atoms with van der Waals surface area (Å²) in [5, 5.41) is 2.89. The molecule has 0 aliphatic carbocycles. The number of aromatic nitrogens is 2. The van der Waals surface area contributed by atoms with Gasteiger partial charge in [0.2, 0.25) is 5.95 Å². The van der Waals surface area contributed by atoms with Gasteiger partial charge in [-0.15, -0.1) is 0 Å². The SMILES string of the molecule is CN(C)c1nccc(NCc2ccccc2C(F)(F)F)n1. The molecule has 1 N–H and O–H groups in total. The lowest BCUT2D eigenvalue weighted by molar-refractivity contribution is -0.138. The highest BCUT2D eigenvalue weighted by atomic mass is 19.4. The van der Waals surface area contributed by atoms with Crippen LogP contribution < -0.4 is 10.2 Å². The maximum Gasteiger partial charge on any atom is 0.416 e. The smallest absolute Gasteiger partial charge is 0.366 e. The predicted octanol–water partition coefficient (Wildman–Crippen LogP) is 3.17. The first-order valence-electron chi connectivity index (χ1n) is 6.27. The minimum atomic E-state index is -4.36. The minimum Gasteiger partial charge on any atom is -0.366 e. The molecule has 1 aromatic carbocycles. The maximum atomic E-state index is 12.9. The van der Waals surface area contributed by atoms with Crippen molar-refractivity contribution in [1.29, 1.82) is 0 Å². The highest BCUT2D eigenvalue weighted by Crippen LogP contribution is 2.32. The molecule has 0 aliphatic rings. The summed E-state index contributed by atoms with van der Waals surface area (Å²) in [6.07, 6.45) is -2.81. The summed E-state index contributed by atoms with van der Waals surface area (Å²) < 4.78 is 38.7. The molecule has 7 heteroatoms. The van der Waals surface area contributed by atoms with Crippen molar-refractivity contribution in [2.45, 2.75) is 12.7 Å². The highest BCUT2D eigenvalue weighted by molar-refractivity contribution is 5.42. The Morgan fingerprint density at radius 2 is 1.86 bits per heavy atom. The van der Waals surface area contributed by atoms with Gasteiger partial charge in [-0.25, -0.2) is 4.98 Å². The summed E-state index contributed by atoms with van der Waals surface area (Å²) in [5.41, 5.74) is -0.464. The van der Waals surface area contributed by atoms with Gasteiger partial charge in [0, 0.05) is 26.8 Å². The first-order valence-corrected chi connectivity index (χ1v) is 6.27. The average molecular weight is 296 g/mol. The van der Waals surface area contributed by atoms with Crippen LogP contribution in [0.25, 0.3) is 0 Å². The normalized spacial score (nSPS) is 11.3. The second-order valence-electron chi connectivity index (χ2n) is 4.64. The second kappa shape index (κ2) is 5.99. The fourth-order valence-corrected chi connectivity index (χ4v) is 1.80. The van der Waals surface area contributed by atoms with Crippen molar-refractivity contribution in [1.82, 2.24) is 9.97 Å². The molecule has 112 valence electrons. The van der Waals surface area contributed by atoms with Crippen LogP contribution in [0.5, 0.6) is 0 Å². The Kier molecular flexibility index (Phi) is 4.30. The van der Waals surface area contributed by atoms with E-state index in [1.807, 2.05) is 0 Å². The van der Waals surface area contributed by atoms with E-state index in [0.29, 0.717) is 11.8 Å². The van der Waals surface area contributed by atoms with E-state index in [1.165, 1.54) is 12.1 Å². The standard InChI is InChI=1S/C14H15F3N4/c1-21(2)13-18-8-7-12(20-13)19-9-10-5-3-4-6-11(10)14(15,16)17/h3-8H,9H2,1-2H3,(H,18,19,20). The highest BCUT2D eigenvalue weighted by Gasteiger charge is 2.32. The summed E-state index contributed by atoms with van der Waals surface area (Å²) in [6, 6.07) is 7.09. The van der Waals surface area contributed by atoms with Crippen molar-refractivity contribution < 1.29 is 13.2 Å². The van der Waals surface area contributed by atoms with Crippen LogP contribution in [0.15, 0.2) is 36.5 Å². The Labute approximate surface area is 120 Å². The summed E-state index contributed by atoms with van der Waals surface area (Å²) in [6.45, 7) is 0.0412. The Bertz CT molecular complexity index is 611. The largest absolute Gasteiger partial charge is 0.416 e. The summed E-state index contributed by atoms with van der Waals surface area (Å²) in [7, 11) is 3.58. The summed E-state index contributed by atoms with van der Waals surface area (Å²) in [5.74, 6) is 0.967. The Morgan fingerprint density at radius 1 is 1.14 bits per heavy atom. The average Bonchev–Trinajstić information content (AvgIpc) is 2.45. The number of anilines is 2. The molecule has 0 saturated heterocycles. The third-order valence-corrected chi connectivity index (χ3v) is 2.83. The van der Waals surface area contributed by atoms with Crippen LogP contribution in [0.3, 0.4) is 0 Å². The molecule has 1 aromatic heterocycles. The van der Waals surface area contributed by atoms with E-state index >= 15 is 0 Å². The molecule has 1 heterocycles. The third kappa shape index (κ3) is 3.84. The number of nitrogens with zero attached hydrogens (tertiary/aromatic N) is 3. The van der Waals surface area contributed by atoms with Crippen LogP contribution in [-0.2, 0) is 12.7 Å². The Morgan fingerprint density at radius 3 is 2.52 bits per heavy atom. The molecule has 0 unspecified atom stereocenters. The molecule has 0 bridgehead atoms. The van der Waals surface area contributed by atoms with E-state index < -0.39 is 11.7 Å². The fraction of sp³-hybridized carbons (Fsp3) is 0.286. The zero-order valence-corrected chi connectivity index (χ0v) is 11.6. The minimum absolute atomic E-state index is 0.0412. The van der Waals surface area contributed by atoms with Gasteiger partial charge in [-0.3, -0.25) is 0 Å². The molecule has 0 radical (unpaired) electrons. The molecule has 0 atom stereocenters. The van der Waals surface area contributed by atoms with Crippen molar-refractivity contribution in [2.75, 3.05) is 24.3 Å². The van der Waals surface area contributed by atoms with E-state index in [2.05, 4.69) is 15.3 Å². The number of hydrogen-bond donors (Lipinski definition) is 1. The van der Waals surface area contributed by atoms with Gasteiger partial charge in [0.25, 0.3) is 0 Å². The number of alkyl halides is 3. The number of hydrogen-bond acceptors (Lipinski definition) is 4. The van der Waals surface area contributed by atoms with E-state index in [4.69, 9.17) is 0 Å². The quantitative estimate of drug-likeness (QED) is 0.941. The molecule has 0 saturated carbocycles. The van der Waals surface area contributed by atoms with Gasteiger partial charge in [0.15, 0.2) is 0 Å². The number of benzene rings is 1. The Hall–Kier alpha value is -2.31. The fourth-order valence-electron chi connectivity index (χ4n) is 1.80. The monoisotopic (exact) mass is 296 g/mol. The van der Waals surface area contributed by atoms with Crippen molar-refractivity contribution in [2.24, 2.45) is 0 Å². The molecule has 0 amide bonds.